The number of halogens is 3. The Bertz CT molecular complexity index is 1620. The van der Waals surface area contributed by atoms with E-state index in [1.807, 2.05) is 18.2 Å². The smallest absolute Gasteiger partial charge is 0.318 e. The third kappa shape index (κ3) is 6.82. The number of ether oxygens (including phenoxy) is 1. The number of nitriles is 1. The Balaban J connectivity index is 0.00000128. The van der Waals surface area contributed by atoms with E-state index < -0.39 is 17.6 Å². The van der Waals surface area contributed by atoms with Gasteiger partial charge < -0.3 is 19.4 Å². The Morgan fingerprint density at radius 3 is 2.51 bits per heavy atom. The van der Waals surface area contributed by atoms with Crippen LogP contribution in [-0.2, 0) is 17.8 Å². The van der Waals surface area contributed by atoms with Crippen LogP contribution >= 0.6 is 11.6 Å². The van der Waals surface area contributed by atoms with Crippen molar-refractivity contribution in [2.24, 2.45) is 0 Å². The molecule has 0 saturated carbocycles. The molecule has 9 nitrogen and oxygen atoms in total. The van der Waals surface area contributed by atoms with Crippen LogP contribution in [0, 0.1) is 17.1 Å². The lowest BCUT2D eigenvalue weighted by Crippen LogP contribution is -2.54. The fraction of sp³-hybridized carbons (Fsp3) is 0.455. The summed E-state index contributed by atoms with van der Waals surface area (Å²) in [7, 11) is 0. The zero-order valence-corrected chi connectivity index (χ0v) is 26.7. The van der Waals surface area contributed by atoms with Gasteiger partial charge in [0.2, 0.25) is 0 Å². The fourth-order valence-electron chi connectivity index (χ4n) is 6.26. The molecule has 12 heteroatoms. The van der Waals surface area contributed by atoms with Crippen molar-refractivity contribution < 1.29 is 18.3 Å². The molecule has 1 unspecified atom stereocenters. The summed E-state index contributed by atoms with van der Waals surface area (Å²) in [5.41, 5.74) is 2.72. The van der Waals surface area contributed by atoms with Gasteiger partial charge >= 0.3 is 6.01 Å². The molecule has 1 aromatic heterocycles. The molecule has 0 spiro atoms. The molecule has 238 valence electrons. The summed E-state index contributed by atoms with van der Waals surface area (Å²) in [5.74, 6) is -1.27. The summed E-state index contributed by atoms with van der Waals surface area (Å²) in [6, 6.07) is 11.8. The third-order valence-corrected chi connectivity index (χ3v) is 9.00. The van der Waals surface area contributed by atoms with E-state index in [0.29, 0.717) is 75.8 Å². The van der Waals surface area contributed by atoms with Gasteiger partial charge in [0.05, 0.1) is 23.3 Å². The van der Waals surface area contributed by atoms with Crippen LogP contribution in [0.15, 0.2) is 42.7 Å². The molecular formula is C33H38ClF2N7O2. The SMILES string of the molecule is C=C(F)C(=O)N1CCN(c2nc(OCC3CCN3C(C)C)nc3c2CCN(c2cccc4ccc(F)c(Cl)c24)C3)CC1.CC#N. The maximum atomic E-state index is 14.5. The first-order valence-corrected chi connectivity index (χ1v) is 15.6. The van der Waals surface area contributed by atoms with Gasteiger partial charge in [-0.3, -0.25) is 9.69 Å². The van der Waals surface area contributed by atoms with E-state index >= 15 is 0 Å². The monoisotopic (exact) mass is 637 g/mol. The molecule has 45 heavy (non-hydrogen) atoms. The van der Waals surface area contributed by atoms with Crippen molar-refractivity contribution >= 4 is 39.8 Å². The lowest BCUT2D eigenvalue weighted by Gasteiger charge is -2.43. The minimum Gasteiger partial charge on any atom is -0.462 e. The summed E-state index contributed by atoms with van der Waals surface area (Å²) >= 11 is 6.47. The van der Waals surface area contributed by atoms with Crippen LogP contribution in [0.5, 0.6) is 6.01 Å². The Kier molecular flexibility index (Phi) is 10.0. The zero-order valence-electron chi connectivity index (χ0n) is 25.9. The van der Waals surface area contributed by atoms with E-state index in [2.05, 4.69) is 35.1 Å². The predicted octanol–water partition coefficient (Wildman–Crippen LogP) is 5.51. The number of nitrogens with zero attached hydrogens (tertiary/aromatic N) is 7. The highest BCUT2D eigenvalue weighted by Gasteiger charge is 2.33. The van der Waals surface area contributed by atoms with Gasteiger partial charge in [-0.05, 0) is 44.2 Å². The lowest BCUT2D eigenvalue weighted by molar-refractivity contribution is -0.128. The molecule has 1 amide bonds. The highest BCUT2D eigenvalue weighted by atomic mass is 35.5. The van der Waals surface area contributed by atoms with Crippen molar-refractivity contribution in [2.75, 3.05) is 55.7 Å². The molecule has 0 bridgehead atoms. The third-order valence-electron chi connectivity index (χ3n) is 8.63. The van der Waals surface area contributed by atoms with Gasteiger partial charge in [0.25, 0.3) is 5.91 Å². The molecule has 0 N–H and O–H groups in total. The van der Waals surface area contributed by atoms with Gasteiger partial charge in [-0.15, -0.1) is 0 Å². The number of hydrogen-bond donors (Lipinski definition) is 0. The van der Waals surface area contributed by atoms with Crippen molar-refractivity contribution in [3.63, 3.8) is 0 Å². The molecule has 1 atom stereocenters. The summed E-state index contributed by atoms with van der Waals surface area (Å²) in [4.78, 5) is 30.1. The van der Waals surface area contributed by atoms with Crippen LogP contribution in [0.4, 0.5) is 20.3 Å². The first kappa shape index (κ1) is 32.4. The molecule has 0 radical (unpaired) electrons. The van der Waals surface area contributed by atoms with Crippen LogP contribution in [0.3, 0.4) is 0 Å². The average molecular weight is 638 g/mol. The average Bonchev–Trinajstić information content (AvgIpc) is 3.01. The zero-order chi connectivity index (χ0) is 32.2. The number of piperazine rings is 1. The molecule has 2 aromatic carbocycles. The second-order valence-electron chi connectivity index (χ2n) is 11.7. The van der Waals surface area contributed by atoms with Crippen molar-refractivity contribution in [2.45, 2.75) is 52.2 Å². The van der Waals surface area contributed by atoms with E-state index in [-0.39, 0.29) is 5.02 Å². The molecular weight excluding hydrogens is 600 g/mol. The van der Waals surface area contributed by atoms with Gasteiger partial charge in [0, 0.05) is 74.9 Å². The van der Waals surface area contributed by atoms with Crippen molar-refractivity contribution in [1.29, 1.82) is 5.26 Å². The Morgan fingerprint density at radius 1 is 1.13 bits per heavy atom. The summed E-state index contributed by atoms with van der Waals surface area (Å²) in [6.07, 6.45) is 1.73. The number of benzene rings is 2. The number of hydrogen-bond acceptors (Lipinski definition) is 8. The predicted molar refractivity (Wildman–Crippen MR) is 172 cm³/mol. The van der Waals surface area contributed by atoms with Crippen molar-refractivity contribution in [1.82, 2.24) is 19.8 Å². The molecule has 6 rings (SSSR count). The number of likely N-dealkylation sites (tertiary alicyclic amines) is 1. The van der Waals surface area contributed by atoms with Crippen LogP contribution in [-0.4, -0.2) is 83.6 Å². The Labute approximate surface area is 267 Å². The highest BCUT2D eigenvalue weighted by Crippen LogP contribution is 2.38. The first-order valence-electron chi connectivity index (χ1n) is 15.2. The Morgan fingerprint density at radius 2 is 1.87 bits per heavy atom. The maximum Gasteiger partial charge on any atom is 0.318 e. The largest absolute Gasteiger partial charge is 0.462 e. The lowest BCUT2D eigenvalue weighted by atomic mass is 10.0. The number of anilines is 2. The topological polar surface area (TPSA) is 88.8 Å². The molecule has 2 fully saturated rings. The second kappa shape index (κ2) is 14.0. The van der Waals surface area contributed by atoms with E-state index in [9.17, 15) is 13.6 Å². The molecule has 4 heterocycles. The molecule has 3 aromatic rings. The van der Waals surface area contributed by atoms with E-state index in [0.717, 1.165) is 41.1 Å². The number of carbonyl (C=O) groups is 1. The van der Waals surface area contributed by atoms with Crippen molar-refractivity contribution in [3.05, 3.63) is 64.8 Å². The fourth-order valence-corrected chi connectivity index (χ4v) is 6.53. The molecule has 3 aliphatic rings. The van der Waals surface area contributed by atoms with Gasteiger partial charge in [-0.1, -0.05) is 36.4 Å². The standard InChI is InChI=1S/C31H35ClF2N6O2.C2H3N/c1-19(2)40-12-9-22(40)18-42-31-35-25-17-39(26-6-4-5-21-7-8-24(34)28(32)27(21)26)11-10-23(25)29(36-31)37-13-15-38(16-14-37)30(41)20(3)33;1-2-3/h4-8,19,22H,3,9-18H2,1-2H3;1H3. The molecule has 3 aliphatic heterocycles. The van der Waals surface area contributed by atoms with E-state index in [1.54, 1.807) is 12.1 Å². The van der Waals surface area contributed by atoms with Crippen LogP contribution in [0.25, 0.3) is 10.8 Å². The minimum atomic E-state index is -0.946. The number of fused-ring (bicyclic) bond motifs is 2. The number of amides is 1. The minimum absolute atomic E-state index is 0.111. The number of aromatic nitrogens is 2. The highest BCUT2D eigenvalue weighted by molar-refractivity contribution is 6.36. The summed E-state index contributed by atoms with van der Waals surface area (Å²) < 4.78 is 34.2. The number of rotatable bonds is 7. The van der Waals surface area contributed by atoms with Crippen LogP contribution in [0.2, 0.25) is 5.02 Å². The summed E-state index contributed by atoms with van der Waals surface area (Å²) in [6.45, 7) is 13.4. The Hall–Kier alpha value is -4.01. The maximum absolute atomic E-state index is 14.5. The normalized spacial score (nSPS) is 18.1. The van der Waals surface area contributed by atoms with Gasteiger partial charge in [-0.2, -0.15) is 15.2 Å². The second-order valence-corrected chi connectivity index (χ2v) is 12.0. The number of carbonyl (C=O) groups excluding carboxylic acids is 1. The summed E-state index contributed by atoms with van der Waals surface area (Å²) in [5, 5.41) is 8.98. The van der Waals surface area contributed by atoms with Gasteiger partial charge in [0.15, 0.2) is 5.83 Å². The molecule has 2 saturated heterocycles. The van der Waals surface area contributed by atoms with E-state index in [4.69, 9.17) is 31.6 Å². The van der Waals surface area contributed by atoms with Crippen LogP contribution < -0.4 is 14.5 Å². The van der Waals surface area contributed by atoms with E-state index in [1.165, 1.54) is 17.9 Å². The van der Waals surface area contributed by atoms with Crippen molar-refractivity contribution in [3.8, 4) is 12.1 Å². The van der Waals surface area contributed by atoms with Gasteiger partial charge in [-0.25, -0.2) is 8.78 Å². The quantitative estimate of drug-likeness (QED) is 0.314. The van der Waals surface area contributed by atoms with Gasteiger partial charge in [0.1, 0.15) is 18.2 Å². The first-order chi connectivity index (χ1) is 21.6. The molecule has 0 aliphatic carbocycles. The van der Waals surface area contributed by atoms with Crippen LogP contribution in [0.1, 0.15) is 38.4 Å².